The molecular formula is C16H9FO5. The fraction of sp³-hybridized carbons (Fsp3) is 0.0625. The van der Waals surface area contributed by atoms with Crippen molar-refractivity contribution in [1.29, 1.82) is 0 Å². The van der Waals surface area contributed by atoms with Crippen molar-refractivity contribution in [2.24, 2.45) is 0 Å². The highest BCUT2D eigenvalue weighted by molar-refractivity contribution is 5.82. The van der Waals surface area contributed by atoms with Gasteiger partial charge in [-0.25, -0.2) is 4.39 Å². The molecule has 0 bridgehead atoms. The van der Waals surface area contributed by atoms with Crippen LogP contribution in [-0.2, 0) is 0 Å². The van der Waals surface area contributed by atoms with Crippen LogP contribution in [0.5, 0.6) is 17.2 Å². The normalized spacial score (nSPS) is 12.8. The van der Waals surface area contributed by atoms with Crippen LogP contribution in [0.4, 0.5) is 4.39 Å². The van der Waals surface area contributed by atoms with Crippen molar-refractivity contribution in [2.75, 3.05) is 6.79 Å². The SMILES string of the molecule is O=c1c(O)c(-c2ccc3c(c2)OCO3)oc2cc(F)ccc12. The van der Waals surface area contributed by atoms with Crippen molar-refractivity contribution in [3.8, 4) is 28.6 Å². The average molecular weight is 300 g/mol. The molecule has 0 atom stereocenters. The third-order valence-electron chi connectivity index (χ3n) is 3.47. The summed E-state index contributed by atoms with van der Waals surface area (Å²) in [4.78, 5) is 12.2. The van der Waals surface area contributed by atoms with Crippen molar-refractivity contribution in [3.63, 3.8) is 0 Å². The number of ether oxygens (including phenoxy) is 2. The van der Waals surface area contributed by atoms with Crippen LogP contribution in [0.3, 0.4) is 0 Å². The van der Waals surface area contributed by atoms with Crippen LogP contribution < -0.4 is 14.9 Å². The summed E-state index contributed by atoms with van der Waals surface area (Å²) in [6, 6.07) is 8.38. The molecule has 2 heterocycles. The van der Waals surface area contributed by atoms with Crippen molar-refractivity contribution in [1.82, 2.24) is 0 Å². The molecule has 3 aromatic rings. The Labute approximate surface area is 123 Å². The lowest BCUT2D eigenvalue weighted by Gasteiger charge is -2.06. The average Bonchev–Trinajstić information content (AvgIpc) is 2.98. The maximum atomic E-state index is 13.3. The van der Waals surface area contributed by atoms with Gasteiger partial charge in [-0.2, -0.15) is 0 Å². The van der Waals surface area contributed by atoms with Crippen LogP contribution in [0.15, 0.2) is 45.6 Å². The van der Waals surface area contributed by atoms with Gasteiger partial charge in [0.05, 0.1) is 5.39 Å². The Morgan fingerprint density at radius 3 is 2.73 bits per heavy atom. The van der Waals surface area contributed by atoms with Gasteiger partial charge in [-0.05, 0) is 30.3 Å². The molecular weight excluding hydrogens is 291 g/mol. The van der Waals surface area contributed by atoms with Crippen LogP contribution in [-0.4, -0.2) is 11.9 Å². The van der Waals surface area contributed by atoms with Gasteiger partial charge in [0.25, 0.3) is 0 Å². The molecule has 0 aliphatic carbocycles. The van der Waals surface area contributed by atoms with Gasteiger partial charge in [-0.3, -0.25) is 4.79 Å². The zero-order chi connectivity index (χ0) is 15.3. The number of fused-ring (bicyclic) bond motifs is 2. The van der Waals surface area contributed by atoms with E-state index in [1.54, 1.807) is 18.2 Å². The van der Waals surface area contributed by atoms with Crippen LogP contribution in [0.1, 0.15) is 0 Å². The lowest BCUT2D eigenvalue weighted by atomic mass is 10.1. The fourth-order valence-electron chi connectivity index (χ4n) is 2.39. The molecule has 0 unspecified atom stereocenters. The lowest BCUT2D eigenvalue weighted by molar-refractivity contribution is 0.174. The second-order valence-electron chi connectivity index (χ2n) is 4.82. The molecule has 22 heavy (non-hydrogen) atoms. The van der Waals surface area contributed by atoms with Crippen LogP contribution in [0, 0.1) is 5.82 Å². The zero-order valence-electron chi connectivity index (χ0n) is 11.1. The molecule has 5 nitrogen and oxygen atoms in total. The molecule has 1 N–H and O–H groups in total. The zero-order valence-corrected chi connectivity index (χ0v) is 11.1. The number of hydrogen-bond acceptors (Lipinski definition) is 5. The van der Waals surface area contributed by atoms with Crippen LogP contribution in [0.25, 0.3) is 22.3 Å². The van der Waals surface area contributed by atoms with Gasteiger partial charge in [0.15, 0.2) is 17.3 Å². The molecule has 0 spiro atoms. The van der Waals surface area contributed by atoms with E-state index in [1.165, 1.54) is 6.07 Å². The first kappa shape index (κ1) is 12.7. The van der Waals surface area contributed by atoms with E-state index in [-0.39, 0.29) is 23.5 Å². The summed E-state index contributed by atoms with van der Waals surface area (Å²) in [5.41, 5.74) is -0.116. The second kappa shape index (κ2) is 4.49. The van der Waals surface area contributed by atoms with Crippen molar-refractivity contribution in [2.45, 2.75) is 0 Å². The molecule has 0 amide bonds. The van der Waals surface area contributed by atoms with Gasteiger partial charge in [0.2, 0.25) is 18.0 Å². The monoisotopic (exact) mass is 300 g/mol. The highest BCUT2D eigenvalue weighted by Crippen LogP contribution is 2.38. The van der Waals surface area contributed by atoms with E-state index in [1.807, 2.05) is 0 Å². The summed E-state index contributed by atoms with van der Waals surface area (Å²) in [5.74, 6) is -0.0475. The summed E-state index contributed by atoms with van der Waals surface area (Å²) in [7, 11) is 0. The van der Waals surface area contributed by atoms with Gasteiger partial charge in [0, 0.05) is 11.6 Å². The molecule has 2 aromatic carbocycles. The Hall–Kier alpha value is -3.02. The maximum Gasteiger partial charge on any atom is 0.235 e. The number of halogens is 1. The minimum Gasteiger partial charge on any atom is -0.502 e. The first-order valence-electron chi connectivity index (χ1n) is 6.49. The van der Waals surface area contributed by atoms with Crippen LogP contribution >= 0.6 is 0 Å². The van der Waals surface area contributed by atoms with Gasteiger partial charge >= 0.3 is 0 Å². The van der Waals surface area contributed by atoms with Crippen molar-refractivity contribution in [3.05, 3.63) is 52.4 Å². The molecule has 110 valence electrons. The molecule has 0 radical (unpaired) electrons. The lowest BCUT2D eigenvalue weighted by Crippen LogP contribution is -2.02. The number of benzene rings is 2. The van der Waals surface area contributed by atoms with Gasteiger partial charge < -0.3 is 19.0 Å². The van der Waals surface area contributed by atoms with Crippen molar-refractivity contribution < 1.29 is 23.4 Å². The van der Waals surface area contributed by atoms with E-state index in [0.717, 1.165) is 12.1 Å². The topological polar surface area (TPSA) is 68.9 Å². The van der Waals surface area contributed by atoms with E-state index < -0.39 is 17.0 Å². The highest BCUT2D eigenvalue weighted by atomic mass is 19.1. The molecule has 0 fully saturated rings. The minimum atomic E-state index is -0.617. The summed E-state index contributed by atoms with van der Waals surface area (Å²) in [6.45, 7) is 0.109. The summed E-state index contributed by atoms with van der Waals surface area (Å²) < 4.78 is 29.3. The quantitative estimate of drug-likeness (QED) is 0.748. The standard InChI is InChI=1S/C16H9FO5/c17-9-2-3-10-12(6-9)22-16(15(19)14(10)18)8-1-4-11-13(5-8)21-7-20-11/h1-6,19H,7H2. The van der Waals surface area contributed by atoms with E-state index in [9.17, 15) is 14.3 Å². The number of aromatic hydroxyl groups is 1. The Morgan fingerprint density at radius 1 is 1.05 bits per heavy atom. The third kappa shape index (κ3) is 1.81. The van der Waals surface area contributed by atoms with Crippen LogP contribution in [0.2, 0.25) is 0 Å². The van der Waals surface area contributed by atoms with E-state index in [0.29, 0.717) is 17.1 Å². The predicted octanol–water partition coefficient (Wildman–Crippen LogP) is 3.03. The first-order valence-corrected chi connectivity index (χ1v) is 6.49. The Kier molecular flexibility index (Phi) is 2.59. The molecule has 1 aromatic heterocycles. The van der Waals surface area contributed by atoms with Gasteiger partial charge in [-0.1, -0.05) is 0 Å². The molecule has 1 aliphatic rings. The summed E-state index contributed by atoms with van der Waals surface area (Å²) in [6.07, 6.45) is 0. The Balaban J connectivity index is 1.98. The highest BCUT2D eigenvalue weighted by Gasteiger charge is 2.19. The smallest absolute Gasteiger partial charge is 0.235 e. The predicted molar refractivity (Wildman–Crippen MR) is 75.7 cm³/mol. The molecule has 6 heteroatoms. The van der Waals surface area contributed by atoms with E-state index >= 15 is 0 Å². The Bertz CT molecular complexity index is 961. The Morgan fingerprint density at radius 2 is 1.86 bits per heavy atom. The maximum absolute atomic E-state index is 13.3. The van der Waals surface area contributed by atoms with E-state index in [4.69, 9.17) is 13.9 Å². The molecule has 4 rings (SSSR count). The molecule has 0 saturated carbocycles. The summed E-state index contributed by atoms with van der Waals surface area (Å²) in [5, 5.41) is 10.2. The molecule has 0 saturated heterocycles. The summed E-state index contributed by atoms with van der Waals surface area (Å²) >= 11 is 0. The minimum absolute atomic E-state index is 0.0404. The van der Waals surface area contributed by atoms with Crippen molar-refractivity contribution >= 4 is 11.0 Å². The van der Waals surface area contributed by atoms with Gasteiger partial charge in [0.1, 0.15) is 11.4 Å². The van der Waals surface area contributed by atoms with E-state index in [2.05, 4.69) is 0 Å². The largest absolute Gasteiger partial charge is 0.502 e. The number of rotatable bonds is 1. The number of hydrogen-bond donors (Lipinski definition) is 1. The third-order valence-corrected chi connectivity index (χ3v) is 3.47. The second-order valence-corrected chi connectivity index (χ2v) is 4.82. The van der Waals surface area contributed by atoms with Gasteiger partial charge in [-0.15, -0.1) is 0 Å². The molecule has 1 aliphatic heterocycles. The fourth-order valence-corrected chi connectivity index (χ4v) is 2.39. The first-order chi connectivity index (χ1) is 10.6.